The molecular formula is C22H23N5O2. The Morgan fingerprint density at radius 1 is 1.21 bits per heavy atom. The molecule has 0 radical (unpaired) electrons. The first kappa shape index (κ1) is 18.9. The van der Waals surface area contributed by atoms with E-state index in [1.54, 1.807) is 23.5 Å². The predicted octanol–water partition coefficient (Wildman–Crippen LogP) is 3.91. The highest BCUT2D eigenvalue weighted by molar-refractivity contribution is 5.93. The normalized spacial score (nSPS) is 15.6. The largest absolute Gasteiger partial charge is 0.325 e. The van der Waals surface area contributed by atoms with E-state index in [-0.39, 0.29) is 30.3 Å². The van der Waals surface area contributed by atoms with Gasteiger partial charge in [-0.2, -0.15) is 5.10 Å². The molecule has 0 spiro atoms. The lowest BCUT2D eigenvalue weighted by atomic mass is 9.93. The van der Waals surface area contributed by atoms with Crippen molar-refractivity contribution in [2.24, 2.45) is 0 Å². The number of carbonyl (C=O) groups is 2. The summed E-state index contributed by atoms with van der Waals surface area (Å²) in [5, 5.41) is 8.13. The third-order valence-electron chi connectivity index (χ3n) is 5.05. The molecule has 2 aromatic heterocycles. The fourth-order valence-corrected chi connectivity index (χ4v) is 3.69. The summed E-state index contributed by atoms with van der Waals surface area (Å²) in [6.07, 6.45) is 7.19. The third kappa shape index (κ3) is 3.63. The van der Waals surface area contributed by atoms with Crippen LogP contribution in [-0.4, -0.2) is 31.5 Å². The van der Waals surface area contributed by atoms with Gasteiger partial charge >= 0.3 is 0 Å². The van der Waals surface area contributed by atoms with E-state index in [4.69, 9.17) is 0 Å². The number of anilines is 1. The van der Waals surface area contributed by atoms with Crippen molar-refractivity contribution in [2.45, 2.75) is 39.3 Å². The van der Waals surface area contributed by atoms with Crippen LogP contribution < -0.4 is 5.32 Å². The molecule has 0 bridgehead atoms. The minimum Gasteiger partial charge on any atom is -0.325 e. The van der Waals surface area contributed by atoms with Crippen molar-refractivity contribution >= 4 is 34.6 Å². The number of nitrogens with zero attached hydrogens (tertiary/aromatic N) is 4. The van der Waals surface area contributed by atoms with E-state index in [0.717, 1.165) is 22.2 Å². The predicted molar refractivity (Wildman–Crippen MR) is 112 cm³/mol. The molecule has 0 saturated heterocycles. The van der Waals surface area contributed by atoms with Gasteiger partial charge in [-0.1, -0.05) is 24.3 Å². The van der Waals surface area contributed by atoms with Crippen LogP contribution >= 0.6 is 0 Å². The van der Waals surface area contributed by atoms with Crippen LogP contribution in [0.2, 0.25) is 0 Å². The van der Waals surface area contributed by atoms with Gasteiger partial charge in [0.25, 0.3) is 0 Å². The minimum absolute atomic E-state index is 0.0993. The maximum absolute atomic E-state index is 12.8. The molecule has 148 valence electrons. The smallest absolute Gasteiger partial charge is 0.226 e. The number of fused-ring (bicyclic) bond motifs is 2. The van der Waals surface area contributed by atoms with Crippen LogP contribution in [0.15, 0.2) is 48.9 Å². The quantitative estimate of drug-likeness (QED) is 0.733. The Morgan fingerprint density at radius 3 is 2.76 bits per heavy atom. The first-order valence-corrected chi connectivity index (χ1v) is 9.63. The highest BCUT2D eigenvalue weighted by Crippen LogP contribution is 2.33. The summed E-state index contributed by atoms with van der Waals surface area (Å²) in [4.78, 5) is 30.9. The van der Waals surface area contributed by atoms with E-state index in [9.17, 15) is 9.59 Å². The van der Waals surface area contributed by atoms with Crippen LogP contribution in [0.4, 0.5) is 5.69 Å². The fourth-order valence-electron chi connectivity index (χ4n) is 3.69. The highest BCUT2D eigenvalue weighted by Gasteiger charge is 2.28. The molecule has 0 fully saturated rings. The summed E-state index contributed by atoms with van der Waals surface area (Å²) in [6, 6.07) is 9.54. The van der Waals surface area contributed by atoms with Gasteiger partial charge < -0.3 is 10.2 Å². The SMILES string of the molecule is CC(=O)N1C=Cc2ccccc2C1CC(=O)Nc1cnc2c(cnn2C(C)C)c1. The molecule has 0 saturated carbocycles. The fraction of sp³-hybridized carbons (Fsp3) is 0.273. The zero-order valence-electron chi connectivity index (χ0n) is 16.7. The van der Waals surface area contributed by atoms with E-state index in [0.29, 0.717) is 5.69 Å². The maximum atomic E-state index is 12.8. The van der Waals surface area contributed by atoms with Crippen molar-refractivity contribution in [2.75, 3.05) is 5.32 Å². The number of carbonyl (C=O) groups excluding carboxylic acids is 2. The number of benzene rings is 1. The van der Waals surface area contributed by atoms with Crippen molar-refractivity contribution in [3.05, 3.63) is 60.1 Å². The second-order valence-electron chi connectivity index (χ2n) is 7.46. The molecule has 29 heavy (non-hydrogen) atoms. The molecule has 1 N–H and O–H groups in total. The minimum atomic E-state index is -0.339. The summed E-state index contributed by atoms with van der Waals surface area (Å²) in [7, 11) is 0. The average molecular weight is 389 g/mol. The van der Waals surface area contributed by atoms with Crippen LogP contribution in [0.25, 0.3) is 17.1 Å². The number of nitrogens with one attached hydrogen (secondary N) is 1. The Kier molecular flexibility index (Phi) is 4.88. The van der Waals surface area contributed by atoms with Gasteiger partial charge in [0.05, 0.1) is 30.5 Å². The summed E-state index contributed by atoms with van der Waals surface area (Å²) in [5.74, 6) is -0.276. The average Bonchev–Trinajstić information content (AvgIpc) is 3.11. The third-order valence-corrected chi connectivity index (χ3v) is 5.05. The van der Waals surface area contributed by atoms with E-state index >= 15 is 0 Å². The molecule has 1 aromatic carbocycles. The number of hydrogen-bond donors (Lipinski definition) is 1. The standard InChI is InChI=1S/C22H23N5O2/c1-14(2)27-22-17(12-24-27)10-18(13-23-22)25-21(29)11-20-19-7-5-4-6-16(19)8-9-26(20)15(3)28/h4-10,12-14,20H,11H2,1-3H3,(H,25,29). The maximum Gasteiger partial charge on any atom is 0.226 e. The van der Waals surface area contributed by atoms with Crippen molar-refractivity contribution in [3.8, 4) is 0 Å². The molecule has 0 aliphatic carbocycles. The molecule has 1 unspecified atom stereocenters. The van der Waals surface area contributed by atoms with Crippen LogP contribution in [-0.2, 0) is 9.59 Å². The Hall–Kier alpha value is -3.48. The lowest BCUT2D eigenvalue weighted by Gasteiger charge is -2.32. The topological polar surface area (TPSA) is 80.1 Å². The molecule has 7 nitrogen and oxygen atoms in total. The van der Waals surface area contributed by atoms with Gasteiger partial charge in [0.1, 0.15) is 0 Å². The molecule has 7 heteroatoms. The molecule has 1 atom stereocenters. The zero-order valence-corrected chi connectivity index (χ0v) is 16.7. The Bertz CT molecular complexity index is 1120. The Morgan fingerprint density at radius 2 is 2.00 bits per heavy atom. The van der Waals surface area contributed by atoms with Crippen molar-refractivity contribution < 1.29 is 9.59 Å². The van der Waals surface area contributed by atoms with Crippen molar-refractivity contribution in [3.63, 3.8) is 0 Å². The first-order valence-electron chi connectivity index (χ1n) is 9.63. The van der Waals surface area contributed by atoms with Gasteiger partial charge in [-0.3, -0.25) is 9.59 Å². The van der Waals surface area contributed by atoms with Crippen LogP contribution in [0.1, 0.15) is 50.4 Å². The van der Waals surface area contributed by atoms with Gasteiger partial charge in [-0.15, -0.1) is 0 Å². The second kappa shape index (κ2) is 7.50. The van der Waals surface area contributed by atoms with Gasteiger partial charge in [0.2, 0.25) is 11.8 Å². The summed E-state index contributed by atoms with van der Waals surface area (Å²) in [6.45, 7) is 5.59. The molecule has 3 aromatic rings. The van der Waals surface area contributed by atoms with Gasteiger partial charge in [0, 0.05) is 24.6 Å². The molecule has 1 aliphatic rings. The monoisotopic (exact) mass is 389 g/mol. The molecule has 2 amide bonds. The van der Waals surface area contributed by atoms with E-state index < -0.39 is 0 Å². The second-order valence-corrected chi connectivity index (χ2v) is 7.46. The zero-order chi connectivity index (χ0) is 20.5. The van der Waals surface area contributed by atoms with Gasteiger partial charge in [0.15, 0.2) is 5.65 Å². The molecule has 1 aliphatic heterocycles. The summed E-state index contributed by atoms with van der Waals surface area (Å²) >= 11 is 0. The molecular weight excluding hydrogens is 366 g/mol. The number of rotatable bonds is 4. The van der Waals surface area contributed by atoms with Gasteiger partial charge in [-0.05, 0) is 37.1 Å². The number of aromatic nitrogens is 3. The van der Waals surface area contributed by atoms with Crippen molar-refractivity contribution in [1.29, 1.82) is 0 Å². The Balaban J connectivity index is 1.55. The first-order chi connectivity index (χ1) is 13.9. The van der Waals surface area contributed by atoms with Gasteiger partial charge in [-0.25, -0.2) is 9.67 Å². The van der Waals surface area contributed by atoms with Crippen LogP contribution in [0.5, 0.6) is 0 Å². The number of hydrogen-bond acceptors (Lipinski definition) is 4. The molecule has 3 heterocycles. The summed E-state index contributed by atoms with van der Waals surface area (Å²) < 4.78 is 1.84. The van der Waals surface area contributed by atoms with Crippen molar-refractivity contribution in [1.82, 2.24) is 19.7 Å². The summed E-state index contributed by atoms with van der Waals surface area (Å²) in [5.41, 5.74) is 3.38. The molecule has 4 rings (SSSR count). The van der Waals surface area contributed by atoms with E-state index in [2.05, 4.69) is 15.4 Å². The number of amides is 2. The lowest BCUT2D eigenvalue weighted by molar-refractivity contribution is -0.129. The van der Waals surface area contributed by atoms with Crippen LogP contribution in [0.3, 0.4) is 0 Å². The van der Waals surface area contributed by atoms with E-state index in [1.165, 1.54) is 6.92 Å². The van der Waals surface area contributed by atoms with E-state index in [1.807, 2.05) is 54.9 Å². The number of pyridine rings is 1. The lowest BCUT2D eigenvalue weighted by Crippen LogP contribution is -2.33. The Labute approximate surface area is 169 Å². The highest BCUT2D eigenvalue weighted by atomic mass is 16.2. The van der Waals surface area contributed by atoms with Crippen LogP contribution in [0, 0.1) is 0 Å².